The molecule has 2 unspecified atom stereocenters. The van der Waals surface area contributed by atoms with Gasteiger partial charge in [0, 0.05) is 24.5 Å². The molecule has 4 N–H and O–H groups in total. The summed E-state index contributed by atoms with van der Waals surface area (Å²) in [6, 6.07) is 16.8. The van der Waals surface area contributed by atoms with E-state index in [4.69, 9.17) is 21.5 Å². The van der Waals surface area contributed by atoms with Crippen molar-refractivity contribution >= 4 is 44.4 Å². The van der Waals surface area contributed by atoms with E-state index in [-0.39, 0.29) is 5.97 Å². The minimum atomic E-state index is -0.321. The summed E-state index contributed by atoms with van der Waals surface area (Å²) in [6.45, 7) is 18.3. The van der Waals surface area contributed by atoms with E-state index >= 15 is 0 Å². The van der Waals surface area contributed by atoms with E-state index < -0.39 is 0 Å². The molecule has 262 valence electrons. The van der Waals surface area contributed by atoms with Crippen LogP contribution in [0.4, 0.5) is 27.1 Å². The monoisotopic (exact) mass is 674 g/mol. The maximum Gasteiger partial charge on any atom is 0.338 e. The Labute approximate surface area is 293 Å². The first-order valence-electron chi connectivity index (χ1n) is 17.6. The lowest BCUT2D eigenvalue weighted by atomic mass is 9.97. The summed E-state index contributed by atoms with van der Waals surface area (Å²) in [6.07, 6.45) is 9.64. The summed E-state index contributed by atoms with van der Waals surface area (Å²) in [5, 5.41) is 18.1. The van der Waals surface area contributed by atoms with Crippen molar-refractivity contribution in [2.75, 3.05) is 36.1 Å². The summed E-state index contributed by atoms with van der Waals surface area (Å²) >= 11 is 1.20. The highest BCUT2D eigenvalue weighted by Gasteiger charge is 2.16. The minimum Gasteiger partial charge on any atom is -0.462 e. The number of benzene rings is 2. The van der Waals surface area contributed by atoms with E-state index in [9.17, 15) is 4.79 Å². The van der Waals surface area contributed by atoms with Gasteiger partial charge in [0.25, 0.3) is 0 Å². The molecule has 8 nitrogen and oxygen atoms in total. The van der Waals surface area contributed by atoms with Crippen LogP contribution in [-0.2, 0) is 4.74 Å². The molecule has 3 aromatic rings. The highest BCUT2D eigenvalue weighted by Crippen LogP contribution is 2.32. The predicted octanol–water partition coefficient (Wildman–Crippen LogP) is 11.2. The molecule has 0 saturated carbocycles. The van der Waals surface area contributed by atoms with Gasteiger partial charge in [0.1, 0.15) is 16.1 Å². The highest BCUT2D eigenvalue weighted by atomic mass is 32.1. The average molecular weight is 675 g/mol. The van der Waals surface area contributed by atoms with Crippen LogP contribution in [-0.4, -0.2) is 25.7 Å². The first-order valence-corrected chi connectivity index (χ1v) is 18.5. The molecule has 0 aliphatic rings. The fourth-order valence-electron chi connectivity index (χ4n) is 5.29. The van der Waals surface area contributed by atoms with Gasteiger partial charge in [-0.2, -0.15) is 5.26 Å². The first kappa shape index (κ1) is 40.3. The number of rotatable bonds is 18. The van der Waals surface area contributed by atoms with Crippen LogP contribution in [0, 0.1) is 36.0 Å². The number of thiophene rings is 1. The molecule has 0 amide bonds. The number of nitriles is 1. The van der Waals surface area contributed by atoms with Crippen molar-refractivity contribution in [2.24, 2.45) is 28.0 Å². The molecule has 1 heterocycles. The van der Waals surface area contributed by atoms with Crippen LogP contribution in [0.5, 0.6) is 0 Å². The van der Waals surface area contributed by atoms with Crippen LogP contribution < -0.4 is 16.4 Å². The van der Waals surface area contributed by atoms with Crippen molar-refractivity contribution in [2.45, 2.75) is 99.8 Å². The summed E-state index contributed by atoms with van der Waals surface area (Å²) in [5.41, 5.74) is 16.6. The molecule has 0 spiro atoms. The third-order valence-corrected chi connectivity index (χ3v) is 9.30. The average Bonchev–Trinajstić information content (AvgIpc) is 3.45. The molecule has 0 saturated heterocycles. The van der Waals surface area contributed by atoms with Gasteiger partial charge in [-0.3, -0.25) is 0 Å². The topological polar surface area (TPSA) is 130 Å². The molecule has 48 heavy (non-hydrogen) atoms. The molecule has 0 radical (unpaired) electrons. The van der Waals surface area contributed by atoms with Crippen LogP contribution >= 0.6 is 11.3 Å². The molecule has 0 bridgehead atoms. The summed E-state index contributed by atoms with van der Waals surface area (Å²) in [5.74, 6) is 1.56. The number of hydrogen-bond acceptors (Lipinski definition) is 9. The maximum absolute atomic E-state index is 12.2. The normalized spacial score (nSPS) is 12.3. The smallest absolute Gasteiger partial charge is 0.338 e. The van der Waals surface area contributed by atoms with Crippen LogP contribution in [0.15, 0.2) is 58.8 Å². The number of nitrogens with zero attached hydrogens (tertiary/aromatic N) is 4. The second-order valence-electron chi connectivity index (χ2n) is 13.0. The molecule has 0 aliphatic carbocycles. The van der Waals surface area contributed by atoms with E-state index in [1.54, 1.807) is 30.3 Å². The highest BCUT2D eigenvalue weighted by molar-refractivity contribution is 7.19. The Balaban J connectivity index is 0.000000345. The number of hydrogen-bond donors (Lipinski definition) is 2. The van der Waals surface area contributed by atoms with Crippen LogP contribution in [0.1, 0.15) is 114 Å². The molecule has 0 aliphatic heterocycles. The van der Waals surface area contributed by atoms with Crippen molar-refractivity contribution < 1.29 is 9.53 Å². The van der Waals surface area contributed by atoms with Gasteiger partial charge in [0.05, 0.1) is 23.4 Å². The van der Waals surface area contributed by atoms with E-state index in [0.717, 1.165) is 50.4 Å². The number of esters is 1. The number of ether oxygens (including phenoxy) is 1. The van der Waals surface area contributed by atoms with Crippen LogP contribution in [0.3, 0.4) is 0 Å². The van der Waals surface area contributed by atoms with E-state index in [1.807, 2.05) is 12.1 Å². The third-order valence-electron chi connectivity index (χ3n) is 8.45. The van der Waals surface area contributed by atoms with Gasteiger partial charge in [-0.05, 0) is 91.6 Å². The van der Waals surface area contributed by atoms with Crippen molar-refractivity contribution in [3.8, 4) is 6.07 Å². The minimum absolute atomic E-state index is 0.321. The summed E-state index contributed by atoms with van der Waals surface area (Å²) in [4.78, 5) is 14.7. The fourth-order valence-corrected chi connectivity index (χ4v) is 5.98. The fraction of sp³-hybridized carbons (Fsp3) is 0.538. The van der Waals surface area contributed by atoms with Gasteiger partial charge in [-0.1, -0.05) is 91.4 Å². The number of aryl methyl sites for hydroxylation is 1. The lowest BCUT2D eigenvalue weighted by Gasteiger charge is -2.31. The van der Waals surface area contributed by atoms with Gasteiger partial charge in [-0.15, -0.1) is 10.2 Å². The Kier molecular flexibility index (Phi) is 18.4. The van der Waals surface area contributed by atoms with E-state index in [2.05, 4.69) is 75.7 Å². The maximum atomic E-state index is 12.2. The Morgan fingerprint density at radius 2 is 1.56 bits per heavy atom. The number of carbonyl (C=O) groups is 1. The van der Waals surface area contributed by atoms with Gasteiger partial charge < -0.3 is 21.1 Å². The van der Waals surface area contributed by atoms with Crippen molar-refractivity contribution in [1.82, 2.24) is 0 Å². The van der Waals surface area contributed by atoms with Crippen LogP contribution in [0.2, 0.25) is 0 Å². The molecular weight excluding hydrogens is 617 g/mol. The number of anilines is 3. The van der Waals surface area contributed by atoms with Crippen molar-refractivity contribution in [1.29, 1.82) is 5.26 Å². The summed E-state index contributed by atoms with van der Waals surface area (Å²) < 4.78 is 5.44. The van der Waals surface area contributed by atoms with E-state index in [0.29, 0.717) is 45.3 Å². The predicted molar refractivity (Wildman–Crippen MR) is 204 cm³/mol. The molecule has 0 fully saturated rings. The van der Waals surface area contributed by atoms with Gasteiger partial charge in [0.2, 0.25) is 0 Å². The largest absolute Gasteiger partial charge is 0.462 e. The zero-order valence-corrected chi connectivity index (χ0v) is 31.1. The lowest BCUT2D eigenvalue weighted by Crippen LogP contribution is -2.32. The zero-order valence-electron chi connectivity index (χ0n) is 30.3. The zero-order chi connectivity index (χ0) is 35.5. The Morgan fingerprint density at radius 3 is 2.10 bits per heavy atom. The number of azo groups is 1. The summed E-state index contributed by atoms with van der Waals surface area (Å²) in [7, 11) is 0. The Morgan fingerprint density at radius 1 is 0.917 bits per heavy atom. The van der Waals surface area contributed by atoms with E-state index in [1.165, 1.54) is 48.3 Å². The molecule has 9 heteroatoms. The second-order valence-corrected chi connectivity index (χ2v) is 14.1. The molecule has 1 aromatic heterocycles. The Hall–Kier alpha value is -3.90. The van der Waals surface area contributed by atoms with Gasteiger partial charge in [-0.25, -0.2) is 4.79 Å². The number of unbranched alkanes of at least 4 members (excludes halogenated alkanes) is 2. The molecule has 2 aromatic carbocycles. The lowest BCUT2D eigenvalue weighted by molar-refractivity contribution is 0.0428. The van der Waals surface area contributed by atoms with Crippen molar-refractivity contribution in [3.05, 3.63) is 65.2 Å². The molecule has 2 atom stereocenters. The van der Waals surface area contributed by atoms with Gasteiger partial charge in [0.15, 0.2) is 0 Å². The standard InChI is InChI=1S/C20H24N4O2S.C19H34N2/c1-3-5-6-14(4-2)13-26-20(25)15-7-9-17(10-8-15)23-24-18-11-16(12-21)19(22)27-18;1-6-8-9-17(7-2)14-21(13-15(3)4)18-10-11-19(20)16(5)12-18/h7-11,14H,3-6,13,22H2,1-2H3;10-12,15,17H,6-9,13-14,20H2,1-5H3. The van der Waals surface area contributed by atoms with Crippen molar-refractivity contribution in [3.63, 3.8) is 0 Å². The second kappa shape index (κ2) is 21.9. The number of nitrogens with two attached hydrogens (primary N) is 2. The number of carbonyl (C=O) groups excluding carboxylic acids is 1. The molecular formula is C39H58N6O2S. The Bertz CT molecular complexity index is 1440. The van der Waals surface area contributed by atoms with Gasteiger partial charge >= 0.3 is 5.97 Å². The quantitative estimate of drug-likeness (QED) is 0.0784. The SMILES string of the molecule is CCCCC(CC)CN(CC(C)C)c1ccc(N)c(C)c1.CCCCC(CC)COC(=O)c1ccc(N=Nc2cc(C#N)c(N)s2)cc1. The molecule has 3 rings (SSSR count). The first-order chi connectivity index (χ1) is 23.0. The third kappa shape index (κ3) is 14.1. The number of nitrogen functional groups attached to an aromatic ring is 2. The van der Waals surface area contributed by atoms with Crippen LogP contribution in [0.25, 0.3) is 0 Å².